The Morgan fingerprint density at radius 3 is 1.48 bits per heavy atom. The second-order valence-corrected chi connectivity index (χ2v) is 28.7. The van der Waals surface area contributed by atoms with Crippen molar-refractivity contribution in [2.45, 2.75) is 156 Å². The van der Waals surface area contributed by atoms with E-state index in [-0.39, 0.29) is 23.5 Å². The zero-order chi connectivity index (χ0) is 66.4. The number of benzene rings is 4. The van der Waals surface area contributed by atoms with Crippen LogP contribution in [0.2, 0.25) is 0 Å². The highest BCUT2D eigenvalue weighted by molar-refractivity contribution is 9.11. The number of halogens is 2. The molecule has 8 heterocycles. The van der Waals surface area contributed by atoms with E-state index in [9.17, 15) is 19.2 Å². The highest BCUT2D eigenvalue weighted by Gasteiger charge is 2.52. The van der Waals surface area contributed by atoms with Gasteiger partial charge in [-0.25, -0.2) is 24.2 Å². The maximum atomic E-state index is 12.8. The van der Waals surface area contributed by atoms with Crippen molar-refractivity contribution in [3.63, 3.8) is 0 Å². The van der Waals surface area contributed by atoms with E-state index in [2.05, 4.69) is 56.4 Å². The number of ether oxygens (including phenoxy) is 3. The first kappa shape index (κ1) is 66.6. The maximum Gasteiger partial charge on any atom is 0.495 e. The minimum Gasteiger partial charge on any atom is -0.478 e. The van der Waals surface area contributed by atoms with Gasteiger partial charge in [-0.3, -0.25) is 24.9 Å². The Hall–Kier alpha value is -8.30. The molecule has 6 aromatic heterocycles. The second kappa shape index (κ2) is 26.0. The number of rotatable bonds is 7. The first-order chi connectivity index (χ1) is 43.2. The highest BCUT2D eigenvalue weighted by atomic mass is 79.9. The van der Waals surface area contributed by atoms with Crippen LogP contribution >= 0.6 is 31.9 Å². The Balaban J connectivity index is 0.000000142. The van der Waals surface area contributed by atoms with E-state index >= 15 is 0 Å². The van der Waals surface area contributed by atoms with Crippen LogP contribution in [0.4, 0.5) is 0 Å². The molecule has 20 heteroatoms. The molecule has 0 spiro atoms. The molecule has 474 valence electrons. The maximum absolute atomic E-state index is 12.8. The first-order valence-electron chi connectivity index (χ1n) is 30.4. The third kappa shape index (κ3) is 14.9. The van der Waals surface area contributed by atoms with E-state index in [4.69, 9.17) is 38.6 Å². The predicted octanol–water partition coefficient (Wildman–Crippen LogP) is 16.4. The van der Waals surface area contributed by atoms with Crippen molar-refractivity contribution in [2.75, 3.05) is 0 Å². The van der Waals surface area contributed by atoms with Gasteiger partial charge in [0, 0.05) is 78.5 Å². The van der Waals surface area contributed by atoms with Crippen LogP contribution in [0.3, 0.4) is 0 Å². The average Bonchev–Trinajstić information content (AvgIpc) is 1.56. The Morgan fingerprint density at radius 1 is 0.554 bits per heavy atom. The minimum atomic E-state index is -0.928. The molecule has 1 saturated heterocycles. The lowest BCUT2D eigenvalue weighted by atomic mass is 9.77. The van der Waals surface area contributed by atoms with Gasteiger partial charge in [-0.15, -0.1) is 0 Å². The van der Waals surface area contributed by atoms with Crippen LogP contribution < -0.4 is 5.46 Å². The van der Waals surface area contributed by atoms with Crippen molar-refractivity contribution in [2.24, 2.45) is 0 Å². The Kier molecular flexibility index (Phi) is 18.8. The summed E-state index contributed by atoms with van der Waals surface area (Å²) in [5, 5.41) is 12.3. The summed E-state index contributed by atoms with van der Waals surface area (Å²) in [5.74, 6) is -0.265. The van der Waals surface area contributed by atoms with Crippen LogP contribution in [0, 0.1) is 6.92 Å². The van der Waals surface area contributed by atoms with E-state index in [1.165, 1.54) is 12.8 Å². The van der Waals surface area contributed by atoms with Crippen molar-refractivity contribution < 1.29 is 47.8 Å². The predicted molar refractivity (Wildman–Crippen MR) is 365 cm³/mol. The molecular weight excluding hydrogens is 1290 g/mol. The van der Waals surface area contributed by atoms with Crippen molar-refractivity contribution in [3.05, 3.63) is 183 Å². The minimum absolute atomic E-state index is 0.270. The third-order valence-electron chi connectivity index (χ3n) is 16.0. The number of aromatic nitrogens is 7. The zero-order valence-electron chi connectivity index (χ0n) is 54.1. The second-order valence-electron chi connectivity index (χ2n) is 27.0. The lowest BCUT2D eigenvalue weighted by Gasteiger charge is -2.32. The monoisotopic (exact) mass is 1370 g/mol. The number of carbonyl (C=O) groups is 4. The number of fused-ring (bicyclic) bond motifs is 9. The number of aryl methyl sites for hydroxylation is 1. The van der Waals surface area contributed by atoms with Crippen LogP contribution in [0.5, 0.6) is 0 Å². The molecule has 1 aliphatic carbocycles. The molecule has 3 aliphatic rings. The molecular formula is C72H74BBr2N7O10. The van der Waals surface area contributed by atoms with Gasteiger partial charge in [0.2, 0.25) is 0 Å². The molecule has 2 fully saturated rings. The molecule has 1 saturated carbocycles. The number of pyridine rings is 5. The number of hydrogen-bond acceptors (Lipinski definition) is 15. The van der Waals surface area contributed by atoms with Crippen molar-refractivity contribution in [1.82, 2.24) is 34.5 Å². The van der Waals surface area contributed by atoms with Gasteiger partial charge in [-0.2, -0.15) is 0 Å². The number of nitrogens with zero attached hydrogens (tertiary/aromatic N) is 7. The largest absolute Gasteiger partial charge is 0.495 e. The summed E-state index contributed by atoms with van der Waals surface area (Å²) in [4.78, 5) is 75.3. The Morgan fingerprint density at radius 2 is 0.989 bits per heavy atom. The summed E-state index contributed by atoms with van der Waals surface area (Å²) in [6.45, 7) is 26.8. The number of aromatic carboxylic acids is 1. The fraction of sp³-hybridized carbons (Fsp3) is 0.333. The van der Waals surface area contributed by atoms with Gasteiger partial charge in [-0.05, 0) is 231 Å². The third-order valence-corrected chi connectivity index (χ3v) is 17.4. The molecule has 1 N–H and O–H groups in total. The average molecular weight is 1370 g/mol. The van der Waals surface area contributed by atoms with Gasteiger partial charge in [-0.1, -0.05) is 37.9 Å². The zero-order valence-corrected chi connectivity index (χ0v) is 57.3. The van der Waals surface area contributed by atoms with Crippen LogP contribution in [0.25, 0.3) is 66.3 Å². The highest BCUT2D eigenvalue weighted by Crippen LogP contribution is 2.53. The smallest absolute Gasteiger partial charge is 0.478 e. The number of hydrogen-bond donors (Lipinski definition) is 1. The van der Waals surface area contributed by atoms with Crippen LogP contribution in [0.15, 0.2) is 149 Å². The van der Waals surface area contributed by atoms with Gasteiger partial charge < -0.3 is 33.2 Å². The van der Waals surface area contributed by atoms with Gasteiger partial charge in [0.25, 0.3) is 0 Å². The molecule has 4 aromatic carbocycles. The molecule has 2 unspecified atom stereocenters. The van der Waals surface area contributed by atoms with Crippen LogP contribution in [-0.2, 0) is 23.5 Å². The van der Waals surface area contributed by atoms with Crippen LogP contribution in [0.1, 0.15) is 174 Å². The van der Waals surface area contributed by atoms with Gasteiger partial charge in [0.15, 0.2) is 0 Å². The molecule has 0 radical (unpaired) electrons. The van der Waals surface area contributed by atoms with E-state index in [0.29, 0.717) is 28.7 Å². The first-order valence-corrected chi connectivity index (χ1v) is 32.0. The normalized spacial score (nSPS) is 16.2. The fourth-order valence-corrected chi connectivity index (χ4v) is 12.0. The summed E-state index contributed by atoms with van der Waals surface area (Å²) < 4.78 is 33.0. The summed E-state index contributed by atoms with van der Waals surface area (Å²) in [6.07, 6.45) is 10.5. The van der Waals surface area contributed by atoms with Crippen molar-refractivity contribution in [1.29, 1.82) is 0 Å². The summed E-state index contributed by atoms with van der Waals surface area (Å²) in [5.41, 5.74) is 8.32. The number of carbonyl (C=O) groups excluding carboxylic acids is 3. The van der Waals surface area contributed by atoms with E-state index in [1.807, 2.05) is 164 Å². The summed E-state index contributed by atoms with van der Waals surface area (Å²) in [6, 6.07) is 35.2. The number of carboxylic acids is 1. The SMILES string of the molecule is CC(C)(C)OC(=O)c1ccc2nccc(B3OC(C)(C)C(C)(C)O3)c2c1.CC(C)(C)OC(=O)c1ccc2nccc(Br)c2c1.Cc1cccc(-c2nc3n(c2-c2ccnc4ccc(C(=O)OC(C)(C)C)cc24)C2CCC3C2)n1.O=C(O)c1ccc2nccc(Br)c2c1. The summed E-state index contributed by atoms with van der Waals surface area (Å²) in [7, 11) is -0.514. The Bertz CT molecular complexity index is 4500. The molecule has 0 amide bonds. The molecule has 2 bridgehead atoms. The molecule has 13 rings (SSSR count). The van der Waals surface area contributed by atoms with Crippen LogP contribution in [-0.4, -0.2) is 98.6 Å². The van der Waals surface area contributed by atoms with Gasteiger partial charge in [0.05, 0.1) is 66.9 Å². The van der Waals surface area contributed by atoms with E-state index < -0.39 is 41.1 Å². The number of imidazole rings is 1. The molecule has 2 aliphatic heterocycles. The van der Waals surface area contributed by atoms with Crippen molar-refractivity contribution >= 4 is 112 Å². The molecule has 92 heavy (non-hydrogen) atoms. The van der Waals surface area contributed by atoms with Gasteiger partial charge >= 0.3 is 31.0 Å². The molecule has 17 nitrogen and oxygen atoms in total. The topological polar surface area (TPSA) is 217 Å². The van der Waals surface area contributed by atoms with E-state index in [1.54, 1.807) is 73.2 Å². The fourth-order valence-electron chi connectivity index (χ4n) is 11.1. The molecule has 2 atom stereocenters. The lowest BCUT2D eigenvalue weighted by Crippen LogP contribution is -2.41. The Labute approximate surface area is 552 Å². The standard InChI is InChI=1S/C28H28N4O2.C20H26BNO4.C14H14BrNO2.C10H6BrNO2/c1-16-6-5-7-23(30-16)24-25(32-19-10-8-17(14-19)26(32)31-24)20-12-13-29-22-11-9-18(15-21(20)22)27(33)34-28(2,3)4;1-18(2,3)24-17(23)13-8-9-16-14(12-13)15(10-11-22-16)21-25-19(4,5)20(6,7)26-21;1-14(2,3)18-13(17)9-4-5-12-10(8-9)11(15)6-7-16-12;11-8-3-4-12-9-2-1-6(10(13)14)5-7(8)9/h5-7,9,11-13,15,17,19H,8,10,14H2,1-4H3;8-12H,1-7H3;4-8H,1-3H3;1-5H,(H,13,14). The summed E-state index contributed by atoms with van der Waals surface area (Å²) >= 11 is 6.80. The van der Waals surface area contributed by atoms with Crippen molar-refractivity contribution in [3.8, 4) is 22.6 Å². The molecule has 10 aromatic rings. The van der Waals surface area contributed by atoms with E-state index in [0.717, 1.165) is 98.6 Å². The number of esters is 3. The number of carboxylic acid groups (broad SMARTS) is 1. The van der Waals surface area contributed by atoms with Gasteiger partial charge in [0.1, 0.15) is 28.3 Å². The quantitative estimate of drug-likeness (QED) is 0.0891. The lowest BCUT2D eigenvalue weighted by molar-refractivity contribution is 0.00572.